The summed E-state index contributed by atoms with van der Waals surface area (Å²) < 4.78 is 19.3. The van der Waals surface area contributed by atoms with Crippen molar-refractivity contribution >= 4 is 16.8 Å². The summed E-state index contributed by atoms with van der Waals surface area (Å²) in [6.07, 6.45) is 0.758. The van der Waals surface area contributed by atoms with Gasteiger partial charge in [-0.05, 0) is 47.9 Å². The fourth-order valence-corrected chi connectivity index (χ4v) is 4.25. The van der Waals surface area contributed by atoms with Crippen LogP contribution in [-0.2, 0) is 11.2 Å². The van der Waals surface area contributed by atoms with Crippen LogP contribution in [0.2, 0.25) is 0 Å². The molecule has 1 aromatic heterocycles. The number of H-pyrrole nitrogens is 1. The molecule has 1 N–H and O–H groups in total. The molecule has 0 saturated heterocycles. The Bertz CT molecular complexity index is 1180. The topological polar surface area (TPSA) is 45.3 Å². The van der Waals surface area contributed by atoms with Crippen LogP contribution in [0.1, 0.15) is 22.9 Å². The molecule has 3 aromatic carbocycles. The summed E-state index contributed by atoms with van der Waals surface area (Å²) in [5.74, 6) is 0.265. The van der Waals surface area contributed by atoms with E-state index >= 15 is 0 Å². The lowest BCUT2D eigenvalue weighted by molar-refractivity contribution is -0.135. The highest BCUT2D eigenvalue weighted by Crippen LogP contribution is 2.38. The van der Waals surface area contributed by atoms with Crippen LogP contribution in [0, 0.1) is 5.82 Å². The van der Waals surface area contributed by atoms with Crippen molar-refractivity contribution in [2.24, 2.45) is 0 Å². The van der Waals surface area contributed by atoms with E-state index in [1.807, 2.05) is 53.4 Å². The van der Waals surface area contributed by atoms with Crippen molar-refractivity contribution in [1.82, 2.24) is 9.88 Å². The molecular formula is C25H21FN2O2. The number of aromatic amines is 1. The first-order valence-electron chi connectivity index (χ1n) is 10.0. The molecule has 1 unspecified atom stereocenters. The van der Waals surface area contributed by atoms with E-state index in [9.17, 15) is 9.18 Å². The van der Waals surface area contributed by atoms with Gasteiger partial charge in [-0.25, -0.2) is 4.39 Å². The maximum Gasteiger partial charge on any atom is 0.261 e. The van der Waals surface area contributed by atoms with Gasteiger partial charge in [0.15, 0.2) is 6.61 Å². The lowest BCUT2D eigenvalue weighted by Crippen LogP contribution is -2.42. The van der Waals surface area contributed by atoms with Gasteiger partial charge in [0.1, 0.15) is 11.6 Å². The fraction of sp³-hybridized carbons (Fsp3) is 0.160. The van der Waals surface area contributed by atoms with Crippen molar-refractivity contribution < 1.29 is 13.9 Å². The molecule has 2 heterocycles. The number of para-hydroxylation sites is 2. The minimum absolute atomic E-state index is 0.0444. The summed E-state index contributed by atoms with van der Waals surface area (Å²) in [6.45, 7) is 0.533. The molecule has 4 nitrogen and oxygen atoms in total. The van der Waals surface area contributed by atoms with Crippen LogP contribution in [0.5, 0.6) is 5.75 Å². The lowest BCUT2D eigenvalue weighted by atomic mass is 9.92. The summed E-state index contributed by atoms with van der Waals surface area (Å²) >= 11 is 0. The highest BCUT2D eigenvalue weighted by atomic mass is 19.1. The average Bonchev–Trinajstić information content (AvgIpc) is 3.17. The fourth-order valence-electron chi connectivity index (χ4n) is 4.25. The maximum absolute atomic E-state index is 13.6. The number of benzene rings is 3. The Kier molecular flexibility index (Phi) is 4.71. The number of carbonyl (C=O) groups is 1. The second-order valence-electron chi connectivity index (χ2n) is 7.46. The first kappa shape index (κ1) is 18.4. The van der Waals surface area contributed by atoms with Crippen molar-refractivity contribution in [2.45, 2.75) is 12.5 Å². The van der Waals surface area contributed by atoms with Crippen LogP contribution < -0.4 is 4.74 Å². The average molecular weight is 400 g/mol. The molecule has 0 bridgehead atoms. The van der Waals surface area contributed by atoms with Gasteiger partial charge in [0.2, 0.25) is 0 Å². The van der Waals surface area contributed by atoms with Crippen LogP contribution >= 0.6 is 0 Å². The Hall–Kier alpha value is -3.60. The third-order valence-electron chi connectivity index (χ3n) is 5.65. The van der Waals surface area contributed by atoms with E-state index in [4.69, 9.17) is 4.74 Å². The predicted molar refractivity (Wildman–Crippen MR) is 114 cm³/mol. The summed E-state index contributed by atoms with van der Waals surface area (Å²) in [5.41, 5.74) is 4.12. The molecule has 4 aromatic rings. The predicted octanol–water partition coefficient (Wildman–Crippen LogP) is 4.86. The number of ether oxygens (including phenoxy) is 1. The smallest absolute Gasteiger partial charge is 0.261 e. The highest BCUT2D eigenvalue weighted by molar-refractivity contribution is 5.86. The standard InChI is InChI=1S/C25H21FN2O2/c26-18-12-10-17(11-13-18)25-24-21(20-8-4-5-9-22(20)27-24)14-15-28(25)23(29)16-30-19-6-2-1-3-7-19/h1-13,25,27H,14-16H2. The van der Waals surface area contributed by atoms with E-state index in [0.717, 1.165) is 23.2 Å². The van der Waals surface area contributed by atoms with E-state index in [0.29, 0.717) is 12.3 Å². The number of nitrogens with zero attached hydrogens (tertiary/aromatic N) is 1. The minimum atomic E-state index is -0.311. The number of fused-ring (bicyclic) bond motifs is 3. The van der Waals surface area contributed by atoms with Crippen molar-refractivity contribution in [3.8, 4) is 5.75 Å². The minimum Gasteiger partial charge on any atom is -0.484 e. The SMILES string of the molecule is O=C(COc1ccccc1)N1CCc2c([nH]c3ccccc23)C1c1ccc(F)cc1. The Balaban J connectivity index is 1.51. The number of hydrogen-bond donors (Lipinski definition) is 1. The molecule has 1 atom stereocenters. The molecular weight excluding hydrogens is 379 g/mol. The quantitative estimate of drug-likeness (QED) is 0.532. The van der Waals surface area contributed by atoms with E-state index in [1.165, 1.54) is 23.1 Å². The van der Waals surface area contributed by atoms with Gasteiger partial charge in [-0.1, -0.05) is 48.5 Å². The zero-order chi connectivity index (χ0) is 20.5. The summed E-state index contributed by atoms with van der Waals surface area (Å²) in [5, 5.41) is 1.17. The van der Waals surface area contributed by atoms with E-state index in [2.05, 4.69) is 11.1 Å². The molecule has 150 valence electrons. The number of aromatic nitrogens is 1. The number of halogens is 1. The Morgan fingerprint density at radius 1 is 1.00 bits per heavy atom. The van der Waals surface area contributed by atoms with Gasteiger partial charge < -0.3 is 14.6 Å². The van der Waals surface area contributed by atoms with Gasteiger partial charge in [-0.3, -0.25) is 4.79 Å². The second-order valence-corrected chi connectivity index (χ2v) is 7.46. The van der Waals surface area contributed by atoms with Gasteiger partial charge in [0.25, 0.3) is 5.91 Å². The zero-order valence-electron chi connectivity index (χ0n) is 16.3. The van der Waals surface area contributed by atoms with Crippen molar-refractivity contribution in [2.75, 3.05) is 13.2 Å². The number of amides is 1. The molecule has 1 amide bonds. The highest BCUT2D eigenvalue weighted by Gasteiger charge is 2.34. The molecule has 5 heteroatoms. The first-order chi connectivity index (χ1) is 14.7. The molecule has 1 aliphatic rings. The van der Waals surface area contributed by atoms with Gasteiger partial charge in [0.05, 0.1) is 6.04 Å². The number of nitrogens with one attached hydrogen (secondary N) is 1. The Labute approximate surface area is 173 Å². The van der Waals surface area contributed by atoms with Gasteiger partial charge in [0, 0.05) is 23.1 Å². The Morgan fingerprint density at radius 2 is 1.73 bits per heavy atom. The third kappa shape index (κ3) is 3.32. The zero-order valence-corrected chi connectivity index (χ0v) is 16.3. The molecule has 0 spiro atoms. The number of carbonyl (C=O) groups excluding carboxylic acids is 1. The summed E-state index contributed by atoms with van der Waals surface area (Å²) in [4.78, 5) is 18.5. The maximum atomic E-state index is 13.6. The molecule has 0 aliphatic carbocycles. The lowest BCUT2D eigenvalue weighted by Gasteiger charge is -2.36. The summed E-state index contributed by atoms with van der Waals surface area (Å²) in [6, 6.07) is 23.5. The first-order valence-corrected chi connectivity index (χ1v) is 10.0. The third-order valence-corrected chi connectivity index (χ3v) is 5.65. The van der Waals surface area contributed by atoms with Crippen LogP contribution in [0.25, 0.3) is 10.9 Å². The van der Waals surface area contributed by atoms with Crippen LogP contribution in [0.15, 0.2) is 78.9 Å². The van der Waals surface area contributed by atoms with Gasteiger partial charge in [-0.15, -0.1) is 0 Å². The Morgan fingerprint density at radius 3 is 2.53 bits per heavy atom. The van der Waals surface area contributed by atoms with Gasteiger partial charge >= 0.3 is 0 Å². The normalized spacial score (nSPS) is 15.8. The van der Waals surface area contributed by atoms with Crippen molar-refractivity contribution in [3.63, 3.8) is 0 Å². The van der Waals surface area contributed by atoms with E-state index in [-0.39, 0.29) is 24.4 Å². The molecule has 0 saturated carbocycles. The monoisotopic (exact) mass is 400 g/mol. The van der Waals surface area contributed by atoms with Gasteiger partial charge in [-0.2, -0.15) is 0 Å². The van der Waals surface area contributed by atoms with Crippen LogP contribution in [0.3, 0.4) is 0 Å². The van der Waals surface area contributed by atoms with Crippen LogP contribution in [0.4, 0.5) is 4.39 Å². The number of rotatable bonds is 4. The largest absolute Gasteiger partial charge is 0.484 e. The second kappa shape index (κ2) is 7.67. The molecule has 0 fully saturated rings. The van der Waals surface area contributed by atoms with E-state index in [1.54, 1.807) is 12.1 Å². The molecule has 30 heavy (non-hydrogen) atoms. The van der Waals surface area contributed by atoms with Crippen LogP contribution in [-0.4, -0.2) is 28.9 Å². The number of hydrogen-bond acceptors (Lipinski definition) is 2. The van der Waals surface area contributed by atoms with E-state index < -0.39 is 0 Å². The molecule has 5 rings (SSSR count). The van der Waals surface area contributed by atoms with Crippen molar-refractivity contribution in [1.29, 1.82) is 0 Å². The summed E-state index contributed by atoms with van der Waals surface area (Å²) in [7, 11) is 0. The molecule has 1 aliphatic heterocycles. The molecule has 0 radical (unpaired) electrons. The van der Waals surface area contributed by atoms with Crippen molar-refractivity contribution in [3.05, 3.63) is 102 Å².